The predicted molar refractivity (Wildman–Crippen MR) is 144 cm³/mol. The maximum atomic E-state index is 12.8. The van der Waals surface area contributed by atoms with Crippen LogP contribution in [0.15, 0.2) is 77.7 Å². The third-order valence-electron chi connectivity index (χ3n) is 4.78. The topological polar surface area (TPSA) is 62.4 Å². The first-order valence-corrected chi connectivity index (χ1v) is 12.2. The molecule has 7 heteroatoms. The number of rotatable bonds is 9. The molecule has 1 unspecified atom stereocenters. The molecule has 0 fully saturated rings. The Hall–Kier alpha value is -3.03. The van der Waals surface area contributed by atoms with Gasteiger partial charge in [0.25, 0.3) is 0 Å². The van der Waals surface area contributed by atoms with Crippen LogP contribution in [0.2, 0.25) is 0 Å². The van der Waals surface area contributed by atoms with Crippen molar-refractivity contribution in [1.82, 2.24) is 0 Å². The van der Waals surface area contributed by atoms with Crippen molar-refractivity contribution < 1.29 is 9.53 Å². The van der Waals surface area contributed by atoms with E-state index in [1.807, 2.05) is 93.6 Å². The minimum Gasteiger partial charge on any atom is -0.494 e. The zero-order chi connectivity index (χ0) is 23.6. The number of thioether (sulfide) groups is 1. The molecule has 0 aromatic heterocycles. The number of ether oxygens (including phenoxy) is 1. The number of hydrogen-bond donors (Lipinski definition) is 3. The molecular formula is C26H29N3O2S2. The van der Waals surface area contributed by atoms with Gasteiger partial charge in [0.2, 0.25) is 5.91 Å². The van der Waals surface area contributed by atoms with Gasteiger partial charge in [0.15, 0.2) is 5.11 Å². The SMILES string of the molecule is CCOc1ccc(NC(=O)C(CC)Sc2cccc(NC(=S)Nc3ccc(C)cc3)c2)cc1. The highest BCUT2D eigenvalue weighted by atomic mass is 32.2. The lowest BCUT2D eigenvalue weighted by Crippen LogP contribution is -2.24. The number of aryl methyl sites for hydroxylation is 1. The summed E-state index contributed by atoms with van der Waals surface area (Å²) >= 11 is 6.98. The van der Waals surface area contributed by atoms with E-state index in [4.69, 9.17) is 17.0 Å². The Bertz CT molecular complexity index is 1070. The maximum Gasteiger partial charge on any atom is 0.237 e. The molecule has 3 N–H and O–H groups in total. The molecule has 0 aliphatic rings. The first-order valence-electron chi connectivity index (χ1n) is 10.9. The van der Waals surface area contributed by atoms with E-state index < -0.39 is 0 Å². The number of hydrogen-bond acceptors (Lipinski definition) is 4. The lowest BCUT2D eigenvalue weighted by Gasteiger charge is -2.16. The van der Waals surface area contributed by atoms with Gasteiger partial charge in [-0.15, -0.1) is 11.8 Å². The van der Waals surface area contributed by atoms with E-state index in [0.29, 0.717) is 18.1 Å². The van der Waals surface area contributed by atoms with Crippen molar-refractivity contribution in [2.24, 2.45) is 0 Å². The third kappa shape index (κ3) is 7.80. The highest BCUT2D eigenvalue weighted by Gasteiger charge is 2.18. The monoisotopic (exact) mass is 479 g/mol. The molecule has 33 heavy (non-hydrogen) atoms. The van der Waals surface area contributed by atoms with Crippen molar-refractivity contribution in [2.75, 3.05) is 22.6 Å². The van der Waals surface area contributed by atoms with Crippen molar-refractivity contribution >= 4 is 52.1 Å². The summed E-state index contributed by atoms with van der Waals surface area (Å²) in [7, 11) is 0. The minimum absolute atomic E-state index is 0.0263. The summed E-state index contributed by atoms with van der Waals surface area (Å²) in [6.45, 7) is 6.61. The van der Waals surface area contributed by atoms with E-state index in [-0.39, 0.29) is 11.2 Å². The average molecular weight is 480 g/mol. The predicted octanol–water partition coefficient (Wildman–Crippen LogP) is 6.71. The van der Waals surface area contributed by atoms with Crippen molar-refractivity contribution in [3.05, 3.63) is 78.4 Å². The van der Waals surface area contributed by atoms with Gasteiger partial charge in [0, 0.05) is 22.0 Å². The summed E-state index contributed by atoms with van der Waals surface area (Å²) in [6, 6.07) is 23.4. The molecule has 1 atom stereocenters. The van der Waals surface area contributed by atoms with Gasteiger partial charge in [-0.2, -0.15) is 0 Å². The molecule has 3 rings (SSSR count). The molecular weight excluding hydrogens is 450 g/mol. The van der Waals surface area contributed by atoms with Crippen molar-refractivity contribution in [3.8, 4) is 5.75 Å². The van der Waals surface area contributed by atoms with Gasteiger partial charge < -0.3 is 20.7 Å². The van der Waals surface area contributed by atoms with Crippen LogP contribution in [0.25, 0.3) is 0 Å². The molecule has 5 nitrogen and oxygen atoms in total. The number of anilines is 3. The second-order valence-corrected chi connectivity index (χ2v) is 9.12. The summed E-state index contributed by atoms with van der Waals surface area (Å²) in [5, 5.41) is 9.70. The van der Waals surface area contributed by atoms with Gasteiger partial charge in [0.05, 0.1) is 11.9 Å². The van der Waals surface area contributed by atoms with Crippen LogP contribution in [0.4, 0.5) is 17.1 Å². The van der Waals surface area contributed by atoms with Gasteiger partial charge in [-0.1, -0.05) is 30.7 Å². The number of thiocarbonyl (C=S) groups is 1. The van der Waals surface area contributed by atoms with E-state index >= 15 is 0 Å². The highest BCUT2D eigenvalue weighted by molar-refractivity contribution is 8.00. The van der Waals surface area contributed by atoms with Crippen LogP contribution in [-0.2, 0) is 4.79 Å². The van der Waals surface area contributed by atoms with Crippen molar-refractivity contribution in [2.45, 2.75) is 37.3 Å². The largest absolute Gasteiger partial charge is 0.494 e. The third-order valence-corrected chi connectivity index (χ3v) is 6.34. The van der Waals surface area contributed by atoms with Gasteiger partial charge in [-0.3, -0.25) is 4.79 Å². The van der Waals surface area contributed by atoms with E-state index in [2.05, 4.69) is 16.0 Å². The molecule has 0 radical (unpaired) electrons. The summed E-state index contributed by atoms with van der Waals surface area (Å²) in [6.07, 6.45) is 0.707. The molecule has 0 saturated carbocycles. The van der Waals surface area contributed by atoms with Crippen molar-refractivity contribution in [1.29, 1.82) is 0 Å². The number of benzene rings is 3. The Morgan fingerprint density at radius 3 is 2.21 bits per heavy atom. The molecule has 3 aromatic rings. The standard InChI is InChI=1S/C26H29N3O2S2/c1-4-24(25(30)27-19-13-15-22(16-14-19)31-5-2)33-23-8-6-7-21(17-23)29-26(32)28-20-11-9-18(3)10-12-20/h6-17,24H,4-5H2,1-3H3,(H,27,30)(H2,28,29,32). The van der Waals surface area contributed by atoms with Gasteiger partial charge >= 0.3 is 0 Å². The second kappa shape index (κ2) is 12.3. The Morgan fingerprint density at radius 1 is 0.909 bits per heavy atom. The fraction of sp³-hybridized carbons (Fsp3) is 0.231. The first kappa shape index (κ1) is 24.6. The molecule has 0 aliphatic heterocycles. The molecule has 0 aliphatic carbocycles. The fourth-order valence-corrected chi connectivity index (χ4v) is 4.34. The van der Waals surface area contributed by atoms with Crippen LogP contribution >= 0.6 is 24.0 Å². The molecule has 0 heterocycles. The Kier molecular flexibility index (Phi) is 9.15. The zero-order valence-corrected chi connectivity index (χ0v) is 20.7. The second-order valence-electron chi connectivity index (χ2n) is 7.43. The first-order chi connectivity index (χ1) is 16.0. The summed E-state index contributed by atoms with van der Waals surface area (Å²) in [4.78, 5) is 13.8. The van der Waals surface area contributed by atoms with Crippen LogP contribution < -0.4 is 20.7 Å². The van der Waals surface area contributed by atoms with Gasteiger partial charge in [0.1, 0.15) is 5.75 Å². The van der Waals surface area contributed by atoms with Gasteiger partial charge in [-0.05, 0) is 87.1 Å². The number of carbonyl (C=O) groups is 1. The van der Waals surface area contributed by atoms with E-state index in [0.717, 1.165) is 27.7 Å². The van der Waals surface area contributed by atoms with E-state index in [1.54, 1.807) is 0 Å². The lowest BCUT2D eigenvalue weighted by atomic mass is 10.2. The maximum absolute atomic E-state index is 12.8. The molecule has 3 aromatic carbocycles. The Balaban J connectivity index is 1.58. The smallest absolute Gasteiger partial charge is 0.237 e. The summed E-state index contributed by atoms with van der Waals surface area (Å²) in [5.41, 5.74) is 3.75. The zero-order valence-electron chi connectivity index (χ0n) is 19.1. The van der Waals surface area contributed by atoms with Crippen LogP contribution in [0.3, 0.4) is 0 Å². The molecule has 0 spiro atoms. The Morgan fingerprint density at radius 2 is 1.55 bits per heavy atom. The number of carbonyl (C=O) groups excluding carboxylic acids is 1. The molecule has 0 saturated heterocycles. The van der Waals surface area contributed by atoms with Crippen LogP contribution in [0, 0.1) is 6.92 Å². The van der Waals surface area contributed by atoms with E-state index in [1.165, 1.54) is 17.3 Å². The molecule has 172 valence electrons. The fourth-order valence-electron chi connectivity index (χ4n) is 3.09. The van der Waals surface area contributed by atoms with Crippen LogP contribution in [-0.4, -0.2) is 22.9 Å². The lowest BCUT2D eigenvalue weighted by molar-refractivity contribution is -0.115. The molecule has 1 amide bonds. The minimum atomic E-state index is -0.218. The van der Waals surface area contributed by atoms with Crippen molar-refractivity contribution in [3.63, 3.8) is 0 Å². The number of amides is 1. The summed E-state index contributed by atoms with van der Waals surface area (Å²) in [5.74, 6) is 0.762. The molecule has 0 bridgehead atoms. The van der Waals surface area contributed by atoms with E-state index in [9.17, 15) is 4.79 Å². The van der Waals surface area contributed by atoms with Gasteiger partial charge in [-0.25, -0.2) is 0 Å². The normalized spacial score (nSPS) is 11.4. The van der Waals surface area contributed by atoms with Crippen LogP contribution in [0.1, 0.15) is 25.8 Å². The Labute approximate surface area is 205 Å². The van der Waals surface area contributed by atoms with Crippen LogP contribution in [0.5, 0.6) is 5.75 Å². The highest BCUT2D eigenvalue weighted by Crippen LogP contribution is 2.29. The number of nitrogens with one attached hydrogen (secondary N) is 3. The average Bonchev–Trinajstić information content (AvgIpc) is 2.80. The summed E-state index contributed by atoms with van der Waals surface area (Å²) < 4.78 is 5.45. The quantitative estimate of drug-likeness (QED) is 0.234.